The Morgan fingerprint density at radius 1 is 1.62 bits per heavy atom. The van der Waals surface area contributed by atoms with Crippen LogP contribution in [0.2, 0.25) is 0 Å². The van der Waals surface area contributed by atoms with Crippen LogP contribution in [-0.4, -0.2) is 19.0 Å². The number of nitrogens with two attached hydrogens (primary N) is 2. The fourth-order valence-corrected chi connectivity index (χ4v) is 0.545. The van der Waals surface area contributed by atoms with Gasteiger partial charge in [0.2, 0.25) is 0 Å². The molecule has 0 aromatic heterocycles. The second kappa shape index (κ2) is 4.84. The summed E-state index contributed by atoms with van der Waals surface area (Å²) in [4.78, 5) is 2.50. The Labute approximate surface area is 78.6 Å². The van der Waals surface area contributed by atoms with Gasteiger partial charge in [-0.15, -0.1) is 0 Å². The van der Waals surface area contributed by atoms with Gasteiger partial charge in [-0.05, 0) is 0 Å². The SMILES string of the molecule is C=[NH+]C(N)=C(N)COC(C)([NH3+])CC. The van der Waals surface area contributed by atoms with Gasteiger partial charge < -0.3 is 16.2 Å². The van der Waals surface area contributed by atoms with Crippen molar-refractivity contribution in [1.82, 2.24) is 0 Å². The summed E-state index contributed by atoms with van der Waals surface area (Å²) in [5.74, 6) is 0.340. The van der Waals surface area contributed by atoms with E-state index in [1.807, 2.05) is 13.8 Å². The molecule has 5 nitrogen and oxygen atoms in total. The molecular formula is C8H20N4O+2. The minimum atomic E-state index is -0.411. The van der Waals surface area contributed by atoms with E-state index in [-0.39, 0.29) is 6.61 Å². The zero-order valence-corrected chi connectivity index (χ0v) is 8.39. The number of ether oxygens (including phenoxy) is 1. The molecule has 0 aliphatic carbocycles. The number of hydrogen-bond donors (Lipinski definition) is 4. The Morgan fingerprint density at radius 3 is 2.54 bits per heavy atom. The first-order valence-electron chi connectivity index (χ1n) is 4.19. The fraction of sp³-hybridized carbons (Fsp3) is 0.625. The molecule has 0 bridgehead atoms. The molecule has 1 atom stereocenters. The van der Waals surface area contributed by atoms with Crippen molar-refractivity contribution in [1.29, 1.82) is 0 Å². The van der Waals surface area contributed by atoms with Crippen LogP contribution in [0.1, 0.15) is 20.3 Å². The second-order valence-corrected chi connectivity index (χ2v) is 3.21. The standard InChI is InChI=1S/C8H18N4O/c1-4-8(2,11)13-5-6(9)7(10)12-3/h3-5,9-11H2,1-2H3/p+2. The third-order valence-electron chi connectivity index (χ3n) is 1.86. The molecule has 5 heteroatoms. The van der Waals surface area contributed by atoms with E-state index < -0.39 is 5.72 Å². The van der Waals surface area contributed by atoms with Crippen LogP contribution in [0.5, 0.6) is 0 Å². The molecule has 1 unspecified atom stereocenters. The zero-order valence-electron chi connectivity index (χ0n) is 8.39. The Bertz CT molecular complexity index is 210. The van der Waals surface area contributed by atoms with E-state index in [1.54, 1.807) is 0 Å². The normalized spacial score (nSPS) is 17.5. The van der Waals surface area contributed by atoms with Gasteiger partial charge in [-0.2, -0.15) is 0 Å². The largest absolute Gasteiger partial charge is 0.394 e. The van der Waals surface area contributed by atoms with Crippen LogP contribution in [0.4, 0.5) is 0 Å². The van der Waals surface area contributed by atoms with Crippen molar-refractivity contribution in [2.75, 3.05) is 6.61 Å². The van der Waals surface area contributed by atoms with Gasteiger partial charge in [0, 0.05) is 13.3 Å². The average Bonchev–Trinajstić information content (AvgIpc) is 2.13. The highest BCUT2D eigenvalue weighted by Crippen LogP contribution is 2.04. The molecule has 0 heterocycles. The Balaban J connectivity index is 4.10. The predicted molar refractivity (Wildman–Crippen MR) is 51.0 cm³/mol. The van der Waals surface area contributed by atoms with E-state index in [0.717, 1.165) is 6.42 Å². The summed E-state index contributed by atoms with van der Waals surface area (Å²) < 4.78 is 5.42. The summed E-state index contributed by atoms with van der Waals surface area (Å²) >= 11 is 0. The Hall–Kier alpha value is -1.07. The van der Waals surface area contributed by atoms with E-state index in [1.165, 1.54) is 0 Å². The van der Waals surface area contributed by atoms with E-state index >= 15 is 0 Å². The topological polar surface area (TPSA) is 103 Å². The van der Waals surface area contributed by atoms with Crippen molar-refractivity contribution in [2.45, 2.75) is 26.0 Å². The molecule has 13 heavy (non-hydrogen) atoms. The van der Waals surface area contributed by atoms with Gasteiger partial charge in [0.15, 0.2) is 5.72 Å². The lowest BCUT2D eigenvalue weighted by Crippen LogP contribution is -2.72. The van der Waals surface area contributed by atoms with Crippen LogP contribution >= 0.6 is 0 Å². The number of rotatable bonds is 5. The number of hydrogen-bond acceptors (Lipinski definition) is 3. The first kappa shape index (κ1) is 11.9. The van der Waals surface area contributed by atoms with Crippen LogP contribution in [0.15, 0.2) is 11.5 Å². The minimum absolute atomic E-state index is 0.266. The summed E-state index contributed by atoms with van der Waals surface area (Å²) in [6.45, 7) is 7.55. The van der Waals surface area contributed by atoms with Crippen molar-refractivity contribution >= 4 is 6.72 Å². The van der Waals surface area contributed by atoms with Gasteiger partial charge in [-0.3, -0.25) is 10.7 Å². The summed E-state index contributed by atoms with van der Waals surface area (Å²) in [6, 6.07) is 0. The molecule has 0 radical (unpaired) electrons. The lowest BCUT2D eigenvalue weighted by molar-refractivity contribution is -0.549. The summed E-state index contributed by atoms with van der Waals surface area (Å²) in [6.07, 6.45) is 0.817. The van der Waals surface area contributed by atoms with E-state index in [2.05, 4.69) is 17.4 Å². The molecule has 8 N–H and O–H groups in total. The number of quaternary nitrogens is 1. The second-order valence-electron chi connectivity index (χ2n) is 3.21. The number of nitrogens with one attached hydrogen (secondary N) is 1. The smallest absolute Gasteiger partial charge is 0.291 e. The summed E-state index contributed by atoms with van der Waals surface area (Å²) in [5, 5.41) is 0. The van der Waals surface area contributed by atoms with Gasteiger partial charge in [0.05, 0.1) is 6.72 Å². The Kier molecular flexibility index (Phi) is 4.44. The predicted octanol–water partition coefficient (Wildman–Crippen LogP) is -2.76. The van der Waals surface area contributed by atoms with E-state index in [4.69, 9.17) is 16.2 Å². The van der Waals surface area contributed by atoms with E-state index in [0.29, 0.717) is 11.5 Å². The monoisotopic (exact) mass is 188 g/mol. The first-order chi connectivity index (χ1) is 5.93. The van der Waals surface area contributed by atoms with Gasteiger partial charge in [-0.1, -0.05) is 6.92 Å². The third kappa shape index (κ3) is 4.49. The average molecular weight is 188 g/mol. The molecule has 0 spiro atoms. The van der Waals surface area contributed by atoms with Gasteiger partial charge in [-0.25, -0.2) is 0 Å². The van der Waals surface area contributed by atoms with Crippen molar-refractivity contribution in [3.05, 3.63) is 11.5 Å². The molecular weight excluding hydrogens is 168 g/mol. The molecule has 76 valence electrons. The zero-order chi connectivity index (χ0) is 10.5. The fourth-order valence-electron chi connectivity index (χ4n) is 0.545. The molecule has 0 aromatic rings. The quantitative estimate of drug-likeness (QED) is 0.277. The maximum atomic E-state index is 5.59. The molecule has 0 aliphatic heterocycles. The summed E-state index contributed by atoms with van der Waals surface area (Å²) in [5.41, 5.74) is 15.0. The van der Waals surface area contributed by atoms with Crippen molar-refractivity contribution in [3.63, 3.8) is 0 Å². The molecule has 0 saturated heterocycles. The molecule has 0 fully saturated rings. The molecule has 0 saturated carbocycles. The van der Waals surface area contributed by atoms with Crippen LogP contribution in [-0.2, 0) is 4.74 Å². The van der Waals surface area contributed by atoms with Crippen LogP contribution < -0.4 is 22.2 Å². The molecule has 0 rings (SSSR count). The van der Waals surface area contributed by atoms with Crippen molar-refractivity contribution in [3.8, 4) is 0 Å². The van der Waals surface area contributed by atoms with Crippen molar-refractivity contribution in [2.24, 2.45) is 11.5 Å². The minimum Gasteiger partial charge on any atom is -0.394 e. The lowest BCUT2D eigenvalue weighted by Gasteiger charge is -2.18. The van der Waals surface area contributed by atoms with Crippen LogP contribution in [0, 0.1) is 0 Å². The highest BCUT2D eigenvalue weighted by Gasteiger charge is 2.21. The molecule has 0 amide bonds. The van der Waals surface area contributed by atoms with Gasteiger partial charge in [0.1, 0.15) is 12.3 Å². The highest BCUT2D eigenvalue weighted by atomic mass is 16.5. The highest BCUT2D eigenvalue weighted by molar-refractivity contribution is 5.15. The van der Waals surface area contributed by atoms with Crippen molar-refractivity contribution < 1.29 is 15.5 Å². The first-order valence-corrected chi connectivity index (χ1v) is 4.19. The third-order valence-corrected chi connectivity index (χ3v) is 1.86. The maximum absolute atomic E-state index is 5.59. The maximum Gasteiger partial charge on any atom is 0.291 e. The van der Waals surface area contributed by atoms with Crippen LogP contribution in [0.25, 0.3) is 0 Å². The van der Waals surface area contributed by atoms with Crippen LogP contribution in [0.3, 0.4) is 0 Å². The summed E-state index contributed by atoms with van der Waals surface area (Å²) in [7, 11) is 0. The lowest BCUT2D eigenvalue weighted by atomic mass is 10.2. The Morgan fingerprint density at radius 2 is 2.15 bits per heavy atom. The van der Waals surface area contributed by atoms with E-state index in [9.17, 15) is 0 Å². The molecule has 0 aromatic carbocycles. The molecule has 0 aliphatic rings. The van der Waals surface area contributed by atoms with Gasteiger partial charge in [0.25, 0.3) is 5.82 Å². The van der Waals surface area contributed by atoms with Gasteiger partial charge >= 0.3 is 0 Å².